The minimum atomic E-state index is -5.18. The summed E-state index contributed by atoms with van der Waals surface area (Å²) >= 11 is 0. The van der Waals surface area contributed by atoms with Gasteiger partial charge in [-0.3, -0.25) is 4.68 Å². The van der Waals surface area contributed by atoms with Crippen LogP contribution >= 0.6 is 0 Å². The average Bonchev–Trinajstić information content (AvgIpc) is 3.22. The molecule has 2 aromatic heterocycles. The van der Waals surface area contributed by atoms with Gasteiger partial charge in [-0.05, 0) is 18.1 Å². The molecule has 1 saturated heterocycles. The van der Waals surface area contributed by atoms with Gasteiger partial charge in [-0.1, -0.05) is 30.3 Å². The van der Waals surface area contributed by atoms with Crippen molar-refractivity contribution in [2.75, 3.05) is 30.8 Å². The topological polar surface area (TPSA) is 91.6 Å². The largest absolute Gasteiger partial charge is 0.503 e. The minimum absolute atomic E-state index is 0.179. The number of pyridine rings is 1. The average molecular weight is 582 g/mol. The van der Waals surface area contributed by atoms with Crippen LogP contribution in [0.4, 0.5) is 27.8 Å². The van der Waals surface area contributed by atoms with Crippen molar-refractivity contribution in [2.45, 2.75) is 18.6 Å². The standard InChI is InChI=1S/C26H24F5N5O3S/c1-34-20-12-21(36-9-8-35(40(2,38)39)14-16(36)10-15-6-4-3-5-7-15)32-13-18(20)24(33-34)17-11-19(26(29,30)31)23(28)25(37)22(17)27/h3-7,11-13,16,37H,8-10,14H2,1-2H3/t16-/m0/s1. The molecule has 0 radical (unpaired) electrons. The van der Waals surface area contributed by atoms with Gasteiger partial charge in [0, 0.05) is 55.9 Å². The molecule has 0 bridgehead atoms. The van der Waals surface area contributed by atoms with E-state index in [0.29, 0.717) is 24.3 Å². The number of alkyl halides is 3. The molecule has 1 N–H and O–H groups in total. The molecule has 0 saturated carbocycles. The van der Waals surface area contributed by atoms with Gasteiger partial charge in [0.05, 0.1) is 17.3 Å². The second kappa shape index (κ2) is 10.0. The first kappa shape index (κ1) is 27.8. The van der Waals surface area contributed by atoms with Crippen LogP contribution < -0.4 is 4.90 Å². The predicted octanol–water partition coefficient (Wildman–Crippen LogP) is 4.33. The van der Waals surface area contributed by atoms with Gasteiger partial charge in [-0.25, -0.2) is 22.2 Å². The van der Waals surface area contributed by atoms with Crippen LogP contribution in [0.3, 0.4) is 0 Å². The first-order valence-electron chi connectivity index (χ1n) is 12.1. The van der Waals surface area contributed by atoms with Crippen LogP contribution in [0.5, 0.6) is 5.75 Å². The zero-order valence-electron chi connectivity index (χ0n) is 21.3. The first-order valence-corrected chi connectivity index (χ1v) is 14.0. The molecule has 0 aliphatic carbocycles. The quantitative estimate of drug-likeness (QED) is 0.353. The van der Waals surface area contributed by atoms with Crippen molar-refractivity contribution >= 4 is 26.7 Å². The molecule has 0 unspecified atom stereocenters. The summed E-state index contributed by atoms with van der Waals surface area (Å²) in [5.74, 6) is -4.96. The maximum atomic E-state index is 14.8. The van der Waals surface area contributed by atoms with Crippen LogP contribution in [0.25, 0.3) is 22.2 Å². The Kier molecular flexibility index (Phi) is 6.94. The Morgan fingerprint density at radius 2 is 1.77 bits per heavy atom. The molecule has 1 atom stereocenters. The summed E-state index contributed by atoms with van der Waals surface area (Å²) in [6, 6.07) is 11.1. The van der Waals surface area contributed by atoms with E-state index in [9.17, 15) is 35.5 Å². The maximum absolute atomic E-state index is 14.8. The molecule has 1 fully saturated rings. The molecule has 1 aliphatic heterocycles. The summed E-state index contributed by atoms with van der Waals surface area (Å²) in [6.45, 7) is 0.758. The lowest BCUT2D eigenvalue weighted by Crippen LogP contribution is -2.55. The Labute approximate surface area is 226 Å². The van der Waals surface area contributed by atoms with E-state index in [-0.39, 0.29) is 36.3 Å². The molecule has 1 aliphatic rings. The van der Waals surface area contributed by atoms with Crippen LogP contribution in [0.1, 0.15) is 11.1 Å². The van der Waals surface area contributed by atoms with Gasteiger partial charge in [0.25, 0.3) is 0 Å². The number of nitrogens with zero attached hydrogens (tertiary/aromatic N) is 5. The Balaban J connectivity index is 1.57. The fourth-order valence-electron chi connectivity index (χ4n) is 4.99. The van der Waals surface area contributed by atoms with Crippen molar-refractivity contribution in [1.82, 2.24) is 19.1 Å². The number of benzene rings is 2. The third-order valence-electron chi connectivity index (χ3n) is 6.98. The van der Waals surface area contributed by atoms with E-state index in [4.69, 9.17) is 0 Å². The highest BCUT2D eigenvalue weighted by molar-refractivity contribution is 7.88. The number of piperazine rings is 1. The Bertz CT molecular complexity index is 1690. The van der Waals surface area contributed by atoms with Crippen LogP contribution in [0.2, 0.25) is 0 Å². The first-order chi connectivity index (χ1) is 18.8. The molecule has 212 valence electrons. The number of rotatable bonds is 5. The van der Waals surface area contributed by atoms with Crippen LogP contribution in [0, 0.1) is 11.6 Å². The number of hydrogen-bond donors (Lipinski definition) is 1. The summed E-state index contributed by atoms with van der Waals surface area (Å²) in [4.78, 5) is 6.42. The molecule has 0 amide bonds. The number of aromatic hydroxyl groups is 1. The van der Waals surface area contributed by atoms with E-state index < -0.39 is 44.7 Å². The fourth-order valence-corrected chi connectivity index (χ4v) is 5.85. The molecule has 3 heterocycles. The molecule has 4 aromatic rings. The van der Waals surface area contributed by atoms with E-state index in [0.717, 1.165) is 11.8 Å². The summed E-state index contributed by atoms with van der Waals surface area (Å²) in [7, 11) is -1.94. The second-order valence-corrected chi connectivity index (χ2v) is 11.6. The van der Waals surface area contributed by atoms with E-state index in [1.807, 2.05) is 35.2 Å². The molecule has 8 nitrogen and oxygen atoms in total. The monoisotopic (exact) mass is 581 g/mol. The number of halogens is 5. The normalized spacial score (nSPS) is 17.1. The summed E-state index contributed by atoms with van der Waals surface area (Å²) < 4.78 is 96.3. The molecule has 5 rings (SSSR count). The number of sulfonamides is 1. The SMILES string of the molecule is Cn1nc(-c2cc(C(F)(F)F)c(F)c(O)c2F)c2cnc(N3CCN(S(C)(=O)=O)C[C@@H]3Cc3ccccc3)cc21. The van der Waals surface area contributed by atoms with Crippen molar-refractivity contribution in [3.63, 3.8) is 0 Å². The smallest absolute Gasteiger partial charge is 0.419 e. The predicted molar refractivity (Wildman–Crippen MR) is 138 cm³/mol. The molecular formula is C26H24F5N5O3S. The van der Waals surface area contributed by atoms with E-state index in [1.54, 1.807) is 6.07 Å². The highest BCUT2D eigenvalue weighted by Gasteiger charge is 2.38. The van der Waals surface area contributed by atoms with Crippen molar-refractivity contribution < 1.29 is 35.5 Å². The van der Waals surface area contributed by atoms with Gasteiger partial charge in [-0.2, -0.15) is 22.6 Å². The van der Waals surface area contributed by atoms with E-state index >= 15 is 0 Å². The van der Waals surface area contributed by atoms with Crippen LogP contribution in [-0.2, 0) is 29.7 Å². The molecule has 2 aromatic carbocycles. The lowest BCUT2D eigenvalue weighted by molar-refractivity contribution is -0.140. The van der Waals surface area contributed by atoms with Gasteiger partial charge in [-0.15, -0.1) is 0 Å². The highest BCUT2D eigenvalue weighted by atomic mass is 32.2. The van der Waals surface area contributed by atoms with Crippen LogP contribution in [0.15, 0.2) is 48.7 Å². The second-order valence-electron chi connectivity index (χ2n) is 9.64. The van der Waals surface area contributed by atoms with Crippen molar-refractivity contribution in [3.05, 3.63) is 71.4 Å². The van der Waals surface area contributed by atoms with Gasteiger partial charge < -0.3 is 10.0 Å². The highest BCUT2D eigenvalue weighted by Crippen LogP contribution is 2.41. The number of phenolic OH excluding ortho intramolecular Hbond substituents is 1. The Hall–Kier alpha value is -3.78. The number of fused-ring (bicyclic) bond motifs is 1. The third-order valence-corrected chi connectivity index (χ3v) is 8.25. The molecular weight excluding hydrogens is 557 g/mol. The van der Waals surface area contributed by atoms with Crippen molar-refractivity contribution in [2.24, 2.45) is 7.05 Å². The molecule has 40 heavy (non-hydrogen) atoms. The summed E-state index contributed by atoms with van der Waals surface area (Å²) in [5.41, 5.74) is -1.42. The Morgan fingerprint density at radius 3 is 2.42 bits per heavy atom. The van der Waals surface area contributed by atoms with Gasteiger partial charge in [0.1, 0.15) is 11.5 Å². The Morgan fingerprint density at radius 1 is 1.07 bits per heavy atom. The van der Waals surface area contributed by atoms with Gasteiger partial charge in [0.15, 0.2) is 17.4 Å². The molecule has 0 spiro atoms. The minimum Gasteiger partial charge on any atom is -0.503 e. The lowest BCUT2D eigenvalue weighted by atomic mass is 10.0. The lowest BCUT2D eigenvalue weighted by Gasteiger charge is -2.41. The number of aromatic nitrogens is 3. The van der Waals surface area contributed by atoms with Crippen molar-refractivity contribution in [1.29, 1.82) is 0 Å². The van der Waals surface area contributed by atoms with Gasteiger partial charge in [0.2, 0.25) is 10.0 Å². The number of hydrogen-bond acceptors (Lipinski definition) is 6. The van der Waals surface area contributed by atoms with Crippen molar-refractivity contribution in [3.8, 4) is 17.0 Å². The number of phenols is 1. The maximum Gasteiger partial charge on any atom is 0.419 e. The molecule has 14 heteroatoms. The number of aryl methyl sites for hydroxylation is 1. The fraction of sp³-hybridized carbons (Fsp3) is 0.308. The van der Waals surface area contributed by atoms with Gasteiger partial charge >= 0.3 is 6.18 Å². The number of anilines is 1. The zero-order valence-corrected chi connectivity index (χ0v) is 22.1. The summed E-state index contributed by atoms with van der Waals surface area (Å²) in [6.07, 6.45) is -2.19. The summed E-state index contributed by atoms with van der Waals surface area (Å²) in [5, 5.41) is 14.1. The van der Waals surface area contributed by atoms with E-state index in [2.05, 4.69) is 10.1 Å². The third kappa shape index (κ3) is 5.08. The van der Waals surface area contributed by atoms with E-state index in [1.165, 1.54) is 22.2 Å². The van der Waals surface area contributed by atoms with Crippen LogP contribution in [-0.4, -0.2) is 64.5 Å². The zero-order chi connectivity index (χ0) is 29.0.